The highest BCUT2D eigenvalue weighted by Gasteiger charge is 2.22. The zero-order valence-corrected chi connectivity index (χ0v) is 14.8. The molecule has 0 saturated heterocycles. The number of aryl methyl sites for hydroxylation is 2. The second kappa shape index (κ2) is 7.05. The minimum absolute atomic E-state index is 0.00530. The van der Waals surface area contributed by atoms with Gasteiger partial charge < -0.3 is 14.8 Å². The first kappa shape index (κ1) is 17.8. The Hall–Kier alpha value is -3.06. The van der Waals surface area contributed by atoms with Crippen LogP contribution in [-0.4, -0.2) is 17.6 Å². The third-order valence-corrected chi connectivity index (χ3v) is 4.11. The number of nitro groups is 1. The van der Waals surface area contributed by atoms with E-state index in [0.717, 1.165) is 11.1 Å². The van der Waals surface area contributed by atoms with Crippen LogP contribution in [0, 0.1) is 24.0 Å². The molecule has 0 atom stereocenters. The lowest BCUT2D eigenvalue weighted by molar-refractivity contribution is -0.385. The van der Waals surface area contributed by atoms with Crippen molar-refractivity contribution in [2.45, 2.75) is 13.8 Å². The van der Waals surface area contributed by atoms with Crippen molar-refractivity contribution < 1.29 is 19.2 Å². The number of halogens is 1. The third kappa shape index (κ3) is 3.62. The topological polar surface area (TPSA) is 90.7 Å². The third-order valence-electron chi connectivity index (χ3n) is 3.81. The standard InChI is InChI=1S/C18H15ClN2O5/c1-10-5-11(2)18(13(19)6-10)20-17(22)4-3-12-7-15-16(26-9-25-15)8-14(12)21(23)24/h3-8H,9H2,1-2H3,(H,20,22)/b4-3+. The van der Waals surface area contributed by atoms with Gasteiger partial charge in [0.05, 0.1) is 27.3 Å². The SMILES string of the molecule is Cc1cc(C)c(NC(=O)/C=C/c2cc3c(cc2[N+](=O)[O-])OCO3)c(Cl)c1. The number of ether oxygens (including phenoxy) is 2. The number of fused-ring (bicyclic) bond motifs is 1. The van der Waals surface area contributed by atoms with Crippen molar-refractivity contribution in [2.75, 3.05) is 12.1 Å². The molecule has 2 aromatic carbocycles. The molecule has 134 valence electrons. The fraction of sp³-hybridized carbons (Fsp3) is 0.167. The zero-order valence-electron chi connectivity index (χ0n) is 14.0. The van der Waals surface area contributed by atoms with Gasteiger partial charge in [0.1, 0.15) is 0 Å². The molecular weight excluding hydrogens is 360 g/mol. The average molecular weight is 375 g/mol. The van der Waals surface area contributed by atoms with Crippen LogP contribution in [0.3, 0.4) is 0 Å². The number of nitrogens with one attached hydrogen (secondary N) is 1. The molecule has 0 radical (unpaired) electrons. The second-order valence-corrected chi connectivity index (χ2v) is 6.19. The maximum absolute atomic E-state index is 12.2. The molecule has 1 aliphatic heterocycles. The summed E-state index contributed by atoms with van der Waals surface area (Å²) in [6, 6.07) is 6.39. The predicted octanol–water partition coefficient (Wildman–Crippen LogP) is 4.25. The van der Waals surface area contributed by atoms with Crippen LogP contribution in [-0.2, 0) is 4.79 Å². The van der Waals surface area contributed by atoms with Crippen molar-refractivity contribution in [1.29, 1.82) is 0 Å². The van der Waals surface area contributed by atoms with Gasteiger partial charge >= 0.3 is 0 Å². The predicted molar refractivity (Wildman–Crippen MR) is 97.8 cm³/mol. The summed E-state index contributed by atoms with van der Waals surface area (Å²) in [5.41, 5.74) is 2.37. The lowest BCUT2D eigenvalue weighted by Crippen LogP contribution is -2.09. The Balaban J connectivity index is 1.84. The molecule has 8 heteroatoms. The largest absolute Gasteiger partial charge is 0.454 e. The van der Waals surface area contributed by atoms with Crippen LogP contribution in [0.5, 0.6) is 11.5 Å². The van der Waals surface area contributed by atoms with Crippen molar-refractivity contribution in [2.24, 2.45) is 0 Å². The molecule has 1 aliphatic rings. The van der Waals surface area contributed by atoms with E-state index < -0.39 is 10.8 Å². The average Bonchev–Trinajstić information content (AvgIpc) is 3.02. The van der Waals surface area contributed by atoms with Gasteiger partial charge in [-0.25, -0.2) is 0 Å². The molecule has 1 N–H and O–H groups in total. The molecule has 0 aliphatic carbocycles. The molecule has 0 saturated carbocycles. The van der Waals surface area contributed by atoms with Crippen LogP contribution in [0.15, 0.2) is 30.3 Å². The first-order valence-electron chi connectivity index (χ1n) is 7.69. The Labute approximate surface area is 154 Å². The normalized spacial score (nSPS) is 12.4. The maximum Gasteiger partial charge on any atom is 0.280 e. The number of nitro benzene ring substituents is 1. The molecule has 0 bridgehead atoms. The monoisotopic (exact) mass is 374 g/mol. The highest BCUT2D eigenvalue weighted by molar-refractivity contribution is 6.34. The number of hydrogen-bond acceptors (Lipinski definition) is 5. The van der Waals surface area contributed by atoms with E-state index in [1.165, 1.54) is 24.3 Å². The summed E-state index contributed by atoms with van der Waals surface area (Å²) in [6.07, 6.45) is 2.56. The molecule has 0 unspecified atom stereocenters. The molecule has 1 heterocycles. The number of benzene rings is 2. The summed E-state index contributed by atoms with van der Waals surface area (Å²) in [4.78, 5) is 22.9. The number of amides is 1. The Bertz CT molecular complexity index is 916. The van der Waals surface area contributed by atoms with Gasteiger partial charge in [-0.3, -0.25) is 14.9 Å². The van der Waals surface area contributed by atoms with Crippen molar-refractivity contribution in [3.63, 3.8) is 0 Å². The number of carbonyl (C=O) groups excluding carboxylic acids is 1. The number of hydrogen-bond donors (Lipinski definition) is 1. The minimum atomic E-state index is -0.541. The van der Waals surface area contributed by atoms with Crippen molar-refractivity contribution in [1.82, 2.24) is 0 Å². The van der Waals surface area contributed by atoms with Crippen molar-refractivity contribution in [3.8, 4) is 11.5 Å². The van der Waals surface area contributed by atoms with E-state index in [1.54, 1.807) is 6.07 Å². The van der Waals surface area contributed by atoms with Gasteiger partial charge in [-0.2, -0.15) is 0 Å². The quantitative estimate of drug-likeness (QED) is 0.491. The van der Waals surface area contributed by atoms with Gasteiger partial charge in [0, 0.05) is 6.08 Å². The lowest BCUT2D eigenvalue weighted by Gasteiger charge is -2.10. The van der Waals surface area contributed by atoms with E-state index >= 15 is 0 Å². The molecule has 1 amide bonds. The first-order valence-corrected chi connectivity index (χ1v) is 8.07. The summed E-state index contributed by atoms with van der Waals surface area (Å²) < 4.78 is 10.4. The van der Waals surface area contributed by atoms with Gasteiger partial charge in [-0.15, -0.1) is 0 Å². The molecule has 0 spiro atoms. The fourth-order valence-electron chi connectivity index (χ4n) is 2.64. The van der Waals surface area contributed by atoms with Crippen LogP contribution < -0.4 is 14.8 Å². The fourth-order valence-corrected chi connectivity index (χ4v) is 3.01. The van der Waals surface area contributed by atoms with Gasteiger partial charge in [0.25, 0.3) is 5.69 Å². The lowest BCUT2D eigenvalue weighted by atomic mass is 10.1. The minimum Gasteiger partial charge on any atom is -0.454 e. The summed E-state index contributed by atoms with van der Waals surface area (Å²) in [5, 5.41) is 14.4. The van der Waals surface area contributed by atoms with Gasteiger partial charge in [-0.1, -0.05) is 17.7 Å². The van der Waals surface area contributed by atoms with Gasteiger partial charge in [-0.05, 0) is 43.2 Å². The van der Waals surface area contributed by atoms with E-state index in [2.05, 4.69) is 5.32 Å². The number of anilines is 1. The van der Waals surface area contributed by atoms with Gasteiger partial charge in [0.15, 0.2) is 11.5 Å². The molecule has 0 aromatic heterocycles. The van der Waals surface area contributed by atoms with E-state index in [4.69, 9.17) is 21.1 Å². The van der Waals surface area contributed by atoms with Crippen molar-refractivity contribution in [3.05, 3.63) is 62.2 Å². The van der Waals surface area contributed by atoms with Crippen LogP contribution >= 0.6 is 11.6 Å². The maximum atomic E-state index is 12.2. The second-order valence-electron chi connectivity index (χ2n) is 5.78. The number of nitrogens with zero attached hydrogens (tertiary/aromatic N) is 1. The highest BCUT2D eigenvalue weighted by Crippen LogP contribution is 2.38. The van der Waals surface area contributed by atoms with E-state index in [1.807, 2.05) is 19.9 Å². The highest BCUT2D eigenvalue weighted by atomic mass is 35.5. The van der Waals surface area contributed by atoms with E-state index in [-0.39, 0.29) is 18.0 Å². The molecule has 7 nitrogen and oxygen atoms in total. The Morgan fingerprint density at radius 1 is 1.23 bits per heavy atom. The van der Waals surface area contributed by atoms with Crippen molar-refractivity contribution >= 4 is 35.0 Å². The number of carbonyl (C=O) groups is 1. The number of rotatable bonds is 4. The zero-order chi connectivity index (χ0) is 18.8. The van der Waals surface area contributed by atoms with Gasteiger partial charge in [0.2, 0.25) is 12.7 Å². The van der Waals surface area contributed by atoms with Crippen LogP contribution in [0.25, 0.3) is 6.08 Å². The molecule has 2 aromatic rings. The Morgan fingerprint density at radius 3 is 2.58 bits per heavy atom. The molecule has 0 fully saturated rings. The summed E-state index contributed by atoms with van der Waals surface area (Å²) >= 11 is 6.17. The van der Waals surface area contributed by atoms with Crippen LogP contribution in [0.2, 0.25) is 5.02 Å². The summed E-state index contributed by atoms with van der Waals surface area (Å²) in [7, 11) is 0. The Morgan fingerprint density at radius 2 is 1.92 bits per heavy atom. The first-order chi connectivity index (χ1) is 12.3. The van der Waals surface area contributed by atoms with Crippen LogP contribution in [0.4, 0.5) is 11.4 Å². The molecular formula is C18H15ClN2O5. The molecule has 26 heavy (non-hydrogen) atoms. The smallest absolute Gasteiger partial charge is 0.280 e. The summed E-state index contributed by atoms with van der Waals surface area (Å²) in [5.74, 6) is 0.249. The van der Waals surface area contributed by atoms with Crippen LogP contribution in [0.1, 0.15) is 16.7 Å². The molecule has 3 rings (SSSR count). The van der Waals surface area contributed by atoms with E-state index in [9.17, 15) is 14.9 Å². The summed E-state index contributed by atoms with van der Waals surface area (Å²) in [6.45, 7) is 3.75. The van der Waals surface area contributed by atoms with E-state index in [0.29, 0.717) is 22.2 Å². The Kier molecular flexibility index (Phi) is 4.81.